The minimum Gasteiger partial charge on any atom is -0.480 e. The molecule has 0 saturated heterocycles. The predicted octanol–water partition coefficient (Wildman–Crippen LogP) is 2.96. The third-order valence-corrected chi connectivity index (χ3v) is 3.55. The Hall–Kier alpha value is -0.870. The Morgan fingerprint density at radius 3 is 2.59 bits per heavy atom. The molecule has 0 amide bonds. The fraction of sp³-hybridized carbons (Fsp3) is 0.462. The zero-order valence-corrected chi connectivity index (χ0v) is 11.9. The fourth-order valence-corrected chi connectivity index (χ4v) is 2.01. The summed E-state index contributed by atoms with van der Waals surface area (Å²) in [5.41, 5.74) is 2.25. The second-order valence-corrected chi connectivity index (χ2v) is 5.38. The molecular formula is C13H18BrNO2. The average Bonchev–Trinajstić information content (AvgIpc) is 2.22. The van der Waals surface area contributed by atoms with Crippen molar-refractivity contribution in [3.05, 3.63) is 33.8 Å². The van der Waals surface area contributed by atoms with Crippen molar-refractivity contribution in [1.29, 1.82) is 0 Å². The second kappa shape index (κ2) is 6.17. The highest BCUT2D eigenvalue weighted by atomic mass is 79.9. The number of benzene rings is 1. The van der Waals surface area contributed by atoms with Gasteiger partial charge in [-0.2, -0.15) is 0 Å². The van der Waals surface area contributed by atoms with Gasteiger partial charge in [-0.05, 0) is 30.0 Å². The summed E-state index contributed by atoms with van der Waals surface area (Å²) in [5.74, 6) is -0.729. The number of nitrogens with one attached hydrogen (secondary N) is 1. The van der Waals surface area contributed by atoms with Gasteiger partial charge in [0.05, 0.1) is 0 Å². The number of rotatable bonds is 5. The minimum atomic E-state index is -0.800. The van der Waals surface area contributed by atoms with Crippen LogP contribution in [0.3, 0.4) is 0 Å². The number of halogens is 1. The van der Waals surface area contributed by atoms with E-state index in [9.17, 15) is 4.79 Å². The van der Waals surface area contributed by atoms with Gasteiger partial charge in [0.2, 0.25) is 0 Å². The molecule has 4 heteroatoms. The lowest BCUT2D eigenvalue weighted by Crippen LogP contribution is -2.40. The van der Waals surface area contributed by atoms with E-state index in [1.54, 1.807) is 0 Å². The Morgan fingerprint density at radius 2 is 2.12 bits per heavy atom. The third-order valence-electron chi connectivity index (χ3n) is 2.70. The molecular weight excluding hydrogens is 282 g/mol. The van der Waals surface area contributed by atoms with E-state index in [0.717, 1.165) is 10.0 Å². The van der Waals surface area contributed by atoms with Crippen LogP contribution in [0.2, 0.25) is 0 Å². The molecule has 0 aromatic heterocycles. The Kier molecular flexibility index (Phi) is 5.15. The summed E-state index contributed by atoms with van der Waals surface area (Å²) in [6.07, 6.45) is 0. The molecule has 0 heterocycles. The first-order chi connectivity index (χ1) is 7.91. The highest BCUT2D eigenvalue weighted by Crippen LogP contribution is 2.17. The van der Waals surface area contributed by atoms with Crippen molar-refractivity contribution in [2.24, 2.45) is 5.92 Å². The molecule has 1 rings (SSSR count). The van der Waals surface area contributed by atoms with Gasteiger partial charge in [-0.15, -0.1) is 0 Å². The largest absolute Gasteiger partial charge is 0.480 e. The molecule has 0 bridgehead atoms. The quantitative estimate of drug-likeness (QED) is 0.879. The lowest BCUT2D eigenvalue weighted by Gasteiger charge is -2.18. The molecule has 0 fully saturated rings. The summed E-state index contributed by atoms with van der Waals surface area (Å²) < 4.78 is 1.05. The molecule has 0 radical (unpaired) electrons. The van der Waals surface area contributed by atoms with E-state index in [0.29, 0.717) is 6.54 Å². The van der Waals surface area contributed by atoms with Crippen LogP contribution in [0, 0.1) is 12.8 Å². The maximum absolute atomic E-state index is 11.0. The van der Waals surface area contributed by atoms with E-state index < -0.39 is 12.0 Å². The van der Waals surface area contributed by atoms with Crippen LogP contribution < -0.4 is 5.32 Å². The van der Waals surface area contributed by atoms with Crippen LogP contribution >= 0.6 is 15.9 Å². The number of hydrogen-bond donors (Lipinski definition) is 2. The minimum absolute atomic E-state index is 0.0707. The molecule has 0 spiro atoms. The van der Waals surface area contributed by atoms with Gasteiger partial charge in [-0.3, -0.25) is 4.79 Å². The lowest BCUT2D eigenvalue weighted by atomic mass is 10.0. The van der Waals surface area contributed by atoms with Crippen molar-refractivity contribution >= 4 is 21.9 Å². The molecule has 94 valence electrons. The van der Waals surface area contributed by atoms with Crippen LogP contribution in [0.1, 0.15) is 25.0 Å². The van der Waals surface area contributed by atoms with Gasteiger partial charge < -0.3 is 10.4 Å². The van der Waals surface area contributed by atoms with E-state index in [-0.39, 0.29) is 5.92 Å². The van der Waals surface area contributed by atoms with Crippen molar-refractivity contribution in [2.75, 3.05) is 0 Å². The molecule has 0 aliphatic heterocycles. The van der Waals surface area contributed by atoms with Gasteiger partial charge in [-0.25, -0.2) is 0 Å². The predicted molar refractivity (Wildman–Crippen MR) is 72.0 cm³/mol. The first kappa shape index (κ1) is 14.2. The molecule has 1 atom stereocenters. The second-order valence-electron chi connectivity index (χ2n) is 4.52. The number of carboxylic acids is 1. The number of carboxylic acid groups (broad SMARTS) is 1. The summed E-state index contributed by atoms with van der Waals surface area (Å²) in [7, 11) is 0. The molecule has 1 aromatic rings. The molecule has 17 heavy (non-hydrogen) atoms. The SMILES string of the molecule is Cc1ccc(CNC(C(=O)O)C(C)C)cc1Br. The molecule has 1 aromatic carbocycles. The van der Waals surface area contributed by atoms with E-state index in [2.05, 4.69) is 21.2 Å². The van der Waals surface area contributed by atoms with Crippen molar-refractivity contribution in [3.8, 4) is 0 Å². The van der Waals surface area contributed by atoms with Crippen LogP contribution in [-0.4, -0.2) is 17.1 Å². The van der Waals surface area contributed by atoms with Crippen molar-refractivity contribution in [2.45, 2.75) is 33.4 Å². The maximum atomic E-state index is 11.0. The average molecular weight is 300 g/mol. The molecule has 0 aliphatic rings. The summed E-state index contributed by atoms with van der Waals surface area (Å²) in [6.45, 7) is 6.39. The summed E-state index contributed by atoms with van der Waals surface area (Å²) >= 11 is 3.47. The molecule has 0 aliphatic carbocycles. The van der Waals surface area contributed by atoms with Crippen LogP contribution in [0.4, 0.5) is 0 Å². The normalized spacial score (nSPS) is 12.8. The molecule has 0 saturated carbocycles. The summed E-state index contributed by atoms with van der Waals surface area (Å²) in [4.78, 5) is 11.0. The highest BCUT2D eigenvalue weighted by Gasteiger charge is 2.20. The van der Waals surface area contributed by atoms with E-state index in [1.807, 2.05) is 39.0 Å². The smallest absolute Gasteiger partial charge is 0.320 e. The van der Waals surface area contributed by atoms with Crippen LogP contribution in [0.15, 0.2) is 22.7 Å². The number of aryl methyl sites for hydroxylation is 1. The van der Waals surface area contributed by atoms with E-state index >= 15 is 0 Å². The van der Waals surface area contributed by atoms with Gasteiger partial charge in [0, 0.05) is 11.0 Å². The summed E-state index contributed by atoms with van der Waals surface area (Å²) in [5, 5.41) is 12.1. The highest BCUT2D eigenvalue weighted by molar-refractivity contribution is 9.10. The van der Waals surface area contributed by atoms with Crippen molar-refractivity contribution < 1.29 is 9.90 Å². The van der Waals surface area contributed by atoms with Gasteiger partial charge in [0.15, 0.2) is 0 Å². The first-order valence-corrected chi connectivity index (χ1v) is 6.42. The third kappa shape index (κ3) is 4.13. The van der Waals surface area contributed by atoms with Crippen molar-refractivity contribution in [1.82, 2.24) is 5.32 Å². The lowest BCUT2D eigenvalue weighted by molar-refractivity contribution is -0.140. The monoisotopic (exact) mass is 299 g/mol. The Labute approximate surface area is 110 Å². The maximum Gasteiger partial charge on any atom is 0.320 e. The Balaban J connectivity index is 2.65. The Bertz CT molecular complexity index is 404. The van der Waals surface area contributed by atoms with E-state index in [1.165, 1.54) is 5.56 Å². The molecule has 2 N–H and O–H groups in total. The first-order valence-electron chi connectivity index (χ1n) is 5.63. The van der Waals surface area contributed by atoms with Gasteiger partial charge in [-0.1, -0.05) is 41.9 Å². The zero-order chi connectivity index (χ0) is 13.0. The van der Waals surface area contributed by atoms with Crippen LogP contribution in [0.5, 0.6) is 0 Å². The Morgan fingerprint density at radius 1 is 1.47 bits per heavy atom. The number of carbonyl (C=O) groups is 1. The van der Waals surface area contributed by atoms with Crippen LogP contribution in [-0.2, 0) is 11.3 Å². The van der Waals surface area contributed by atoms with E-state index in [4.69, 9.17) is 5.11 Å². The van der Waals surface area contributed by atoms with Gasteiger partial charge >= 0.3 is 5.97 Å². The van der Waals surface area contributed by atoms with Gasteiger partial charge in [0.1, 0.15) is 6.04 Å². The molecule has 3 nitrogen and oxygen atoms in total. The summed E-state index contributed by atoms with van der Waals surface area (Å²) in [6, 6.07) is 5.54. The molecule has 1 unspecified atom stereocenters. The van der Waals surface area contributed by atoms with Crippen molar-refractivity contribution in [3.63, 3.8) is 0 Å². The van der Waals surface area contributed by atoms with Crippen LogP contribution in [0.25, 0.3) is 0 Å². The van der Waals surface area contributed by atoms with Gasteiger partial charge in [0.25, 0.3) is 0 Å². The zero-order valence-electron chi connectivity index (χ0n) is 10.3. The fourth-order valence-electron chi connectivity index (χ4n) is 1.58. The topological polar surface area (TPSA) is 49.3 Å². The number of aliphatic carboxylic acids is 1. The number of hydrogen-bond acceptors (Lipinski definition) is 2. The standard InChI is InChI=1S/C13H18BrNO2/c1-8(2)12(13(16)17)15-7-10-5-4-9(3)11(14)6-10/h4-6,8,12,15H,7H2,1-3H3,(H,16,17).